The van der Waals surface area contributed by atoms with Crippen molar-refractivity contribution < 1.29 is 22.7 Å². The standard InChI is InChI=1S/C33H40ClN3O5S/c1-3-31(33(39)35-27-12-8-9-13-27)36(23-22-25-10-6-5-7-11-25)32(38)24-37(28-16-18-29(19-17-28)42-4-2)43(40,41)30-20-14-26(34)15-21-30/h5-7,10-11,14-21,27,31H,3-4,8-9,12-13,22-24H2,1-2H3,(H,35,39)/t31-/m0/s1. The Morgan fingerprint density at radius 2 is 1.60 bits per heavy atom. The van der Waals surface area contributed by atoms with E-state index in [0.717, 1.165) is 35.6 Å². The summed E-state index contributed by atoms with van der Waals surface area (Å²) in [5.74, 6) is -0.0831. The SMILES string of the molecule is CCOc1ccc(N(CC(=O)N(CCc2ccccc2)[C@@H](CC)C(=O)NC2CCCC2)S(=O)(=O)c2ccc(Cl)cc2)cc1. The Labute approximate surface area is 260 Å². The van der Waals surface area contributed by atoms with Crippen LogP contribution < -0.4 is 14.4 Å². The van der Waals surface area contributed by atoms with Gasteiger partial charge in [0.25, 0.3) is 10.0 Å². The van der Waals surface area contributed by atoms with Crippen molar-refractivity contribution in [2.24, 2.45) is 0 Å². The molecule has 0 radical (unpaired) electrons. The lowest BCUT2D eigenvalue weighted by Crippen LogP contribution is -2.54. The third kappa shape index (κ3) is 8.51. The highest BCUT2D eigenvalue weighted by molar-refractivity contribution is 7.92. The molecule has 0 aliphatic heterocycles. The van der Waals surface area contributed by atoms with Crippen LogP contribution in [-0.4, -0.2) is 56.9 Å². The van der Waals surface area contributed by atoms with E-state index < -0.39 is 28.5 Å². The van der Waals surface area contributed by atoms with Gasteiger partial charge in [0.2, 0.25) is 11.8 Å². The van der Waals surface area contributed by atoms with Crippen molar-refractivity contribution in [1.29, 1.82) is 0 Å². The second kappa shape index (κ2) is 15.3. The molecule has 0 aromatic heterocycles. The predicted octanol–water partition coefficient (Wildman–Crippen LogP) is 5.84. The Morgan fingerprint density at radius 3 is 2.21 bits per heavy atom. The van der Waals surface area contributed by atoms with Crippen LogP contribution in [0.3, 0.4) is 0 Å². The number of hydrogen-bond donors (Lipinski definition) is 1. The summed E-state index contributed by atoms with van der Waals surface area (Å²) in [4.78, 5) is 29.3. The zero-order valence-electron chi connectivity index (χ0n) is 24.7. The van der Waals surface area contributed by atoms with E-state index in [0.29, 0.717) is 35.9 Å². The highest BCUT2D eigenvalue weighted by atomic mass is 35.5. The first-order valence-corrected chi connectivity index (χ1v) is 16.7. The Morgan fingerprint density at radius 1 is 0.953 bits per heavy atom. The van der Waals surface area contributed by atoms with Gasteiger partial charge in [-0.2, -0.15) is 0 Å². The lowest BCUT2D eigenvalue weighted by atomic mass is 10.1. The smallest absolute Gasteiger partial charge is 0.264 e. The van der Waals surface area contributed by atoms with Crippen molar-refractivity contribution >= 4 is 39.1 Å². The molecular weight excluding hydrogens is 586 g/mol. The van der Waals surface area contributed by atoms with Crippen LogP contribution in [0.1, 0.15) is 51.5 Å². The van der Waals surface area contributed by atoms with Crippen molar-refractivity contribution in [1.82, 2.24) is 10.2 Å². The molecule has 1 fully saturated rings. The molecule has 0 unspecified atom stereocenters. The van der Waals surface area contributed by atoms with Gasteiger partial charge in [0.15, 0.2) is 0 Å². The second-order valence-corrected chi connectivity index (χ2v) is 12.9. The van der Waals surface area contributed by atoms with Crippen molar-refractivity contribution in [3.63, 3.8) is 0 Å². The molecule has 4 rings (SSSR count). The van der Waals surface area contributed by atoms with Crippen molar-refractivity contribution in [3.8, 4) is 5.75 Å². The molecule has 10 heteroatoms. The number of nitrogens with zero attached hydrogens (tertiary/aromatic N) is 2. The normalized spacial score (nSPS) is 14.2. The van der Waals surface area contributed by atoms with Crippen LogP contribution in [-0.2, 0) is 26.0 Å². The number of carbonyl (C=O) groups is 2. The molecule has 0 spiro atoms. The van der Waals surface area contributed by atoms with Gasteiger partial charge in [-0.1, -0.05) is 61.7 Å². The molecule has 1 atom stereocenters. The van der Waals surface area contributed by atoms with Crippen LogP contribution in [0.4, 0.5) is 5.69 Å². The van der Waals surface area contributed by atoms with E-state index >= 15 is 0 Å². The van der Waals surface area contributed by atoms with Gasteiger partial charge in [-0.15, -0.1) is 0 Å². The van der Waals surface area contributed by atoms with Crippen molar-refractivity contribution in [2.45, 2.75) is 69.4 Å². The maximum absolute atomic E-state index is 14.2. The van der Waals surface area contributed by atoms with Crippen LogP contribution in [0.15, 0.2) is 83.8 Å². The molecule has 43 heavy (non-hydrogen) atoms. The molecule has 1 N–H and O–H groups in total. The van der Waals surface area contributed by atoms with Gasteiger partial charge < -0.3 is 15.0 Å². The van der Waals surface area contributed by atoms with Gasteiger partial charge >= 0.3 is 0 Å². The summed E-state index contributed by atoms with van der Waals surface area (Å²) in [6.07, 6.45) is 4.89. The molecule has 1 aliphatic carbocycles. The van der Waals surface area contributed by atoms with Crippen LogP contribution in [0, 0.1) is 0 Å². The number of amides is 2. The minimum Gasteiger partial charge on any atom is -0.494 e. The van der Waals surface area contributed by atoms with Crippen LogP contribution in [0.2, 0.25) is 5.02 Å². The number of benzene rings is 3. The van der Waals surface area contributed by atoms with Crippen LogP contribution in [0.25, 0.3) is 0 Å². The fourth-order valence-corrected chi connectivity index (χ4v) is 6.94. The Kier molecular flexibility index (Phi) is 11.5. The van der Waals surface area contributed by atoms with Crippen LogP contribution >= 0.6 is 11.6 Å². The van der Waals surface area contributed by atoms with E-state index in [-0.39, 0.29) is 23.4 Å². The number of halogens is 1. The zero-order valence-corrected chi connectivity index (χ0v) is 26.3. The monoisotopic (exact) mass is 625 g/mol. The molecule has 0 saturated heterocycles. The van der Waals surface area contributed by atoms with Gasteiger partial charge in [0.1, 0.15) is 18.3 Å². The van der Waals surface area contributed by atoms with E-state index in [9.17, 15) is 18.0 Å². The zero-order chi connectivity index (χ0) is 30.8. The number of anilines is 1. The number of hydrogen-bond acceptors (Lipinski definition) is 5. The molecule has 3 aromatic carbocycles. The highest BCUT2D eigenvalue weighted by Crippen LogP contribution is 2.27. The molecule has 0 bridgehead atoms. The quantitative estimate of drug-likeness (QED) is 0.243. The molecule has 2 amide bonds. The summed E-state index contributed by atoms with van der Waals surface area (Å²) in [7, 11) is -4.18. The maximum atomic E-state index is 14.2. The van der Waals surface area contributed by atoms with Crippen molar-refractivity contribution in [2.75, 3.05) is 24.0 Å². The van der Waals surface area contributed by atoms with E-state index in [1.54, 1.807) is 24.3 Å². The summed E-state index contributed by atoms with van der Waals surface area (Å²) in [6, 6.07) is 21.5. The van der Waals surface area contributed by atoms with Gasteiger partial charge in [-0.25, -0.2) is 8.42 Å². The Balaban J connectivity index is 1.67. The number of nitrogens with one attached hydrogen (secondary N) is 1. The average Bonchev–Trinajstić information content (AvgIpc) is 3.52. The third-order valence-electron chi connectivity index (χ3n) is 7.69. The largest absolute Gasteiger partial charge is 0.494 e. The average molecular weight is 626 g/mol. The molecule has 0 heterocycles. The summed E-state index contributed by atoms with van der Waals surface area (Å²) >= 11 is 6.04. The van der Waals surface area contributed by atoms with Gasteiger partial charge in [-0.3, -0.25) is 13.9 Å². The number of sulfonamides is 1. The predicted molar refractivity (Wildman–Crippen MR) is 170 cm³/mol. The molecule has 8 nitrogen and oxygen atoms in total. The molecular formula is C33H40ClN3O5S. The number of ether oxygens (including phenoxy) is 1. The Bertz CT molecular complexity index is 1440. The maximum Gasteiger partial charge on any atom is 0.264 e. The molecule has 1 saturated carbocycles. The fraction of sp³-hybridized carbons (Fsp3) is 0.394. The summed E-state index contributed by atoms with van der Waals surface area (Å²) in [6.45, 7) is 3.97. The lowest BCUT2D eigenvalue weighted by Gasteiger charge is -2.33. The molecule has 1 aliphatic rings. The topological polar surface area (TPSA) is 96.0 Å². The third-order valence-corrected chi connectivity index (χ3v) is 9.73. The Hall–Kier alpha value is -3.56. The summed E-state index contributed by atoms with van der Waals surface area (Å²) < 4.78 is 34.6. The summed E-state index contributed by atoms with van der Waals surface area (Å²) in [5, 5.41) is 3.53. The van der Waals surface area contributed by atoms with Crippen LogP contribution in [0.5, 0.6) is 5.75 Å². The van der Waals surface area contributed by atoms with E-state index in [1.165, 1.54) is 29.2 Å². The van der Waals surface area contributed by atoms with Gasteiger partial charge in [-0.05, 0) is 86.7 Å². The van der Waals surface area contributed by atoms with Gasteiger partial charge in [0, 0.05) is 17.6 Å². The second-order valence-electron chi connectivity index (χ2n) is 10.6. The number of rotatable bonds is 14. The molecule has 3 aromatic rings. The minimum atomic E-state index is -4.18. The van der Waals surface area contributed by atoms with Crippen molar-refractivity contribution in [3.05, 3.63) is 89.4 Å². The first kappa shape index (κ1) is 32.4. The number of carbonyl (C=O) groups excluding carboxylic acids is 2. The minimum absolute atomic E-state index is 0.000406. The first-order chi connectivity index (χ1) is 20.7. The van der Waals surface area contributed by atoms with E-state index in [1.807, 2.05) is 44.2 Å². The van der Waals surface area contributed by atoms with Gasteiger partial charge in [0.05, 0.1) is 17.2 Å². The lowest BCUT2D eigenvalue weighted by molar-refractivity contribution is -0.139. The molecule has 230 valence electrons. The van der Waals surface area contributed by atoms with E-state index in [4.69, 9.17) is 16.3 Å². The highest BCUT2D eigenvalue weighted by Gasteiger charge is 2.34. The summed E-state index contributed by atoms with van der Waals surface area (Å²) in [5.41, 5.74) is 1.32. The van der Waals surface area contributed by atoms with E-state index in [2.05, 4.69) is 5.32 Å². The first-order valence-electron chi connectivity index (χ1n) is 14.9. The fourth-order valence-electron chi connectivity index (χ4n) is 5.40.